The average molecular weight is 297 g/mol. The van der Waals surface area contributed by atoms with E-state index < -0.39 is 0 Å². The Bertz CT molecular complexity index is 329. The van der Waals surface area contributed by atoms with Gasteiger partial charge in [-0.15, -0.1) is 0 Å². The fourth-order valence-corrected chi connectivity index (χ4v) is 3.51. The molecule has 0 spiro atoms. The molecule has 2 fully saturated rings. The maximum absolute atomic E-state index is 12.0. The Labute approximate surface area is 128 Å². The first kappa shape index (κ1) is 16.7. The molecule has 2 aliphatic rings. The summed E-state index contributed by atoms with van der Waals surface area (Å²) in [7, 11) is 0. The van der Waals surface area contributed by atoms with E-state index in [1.54, 1.807) is 0 Å². The third-order valence-electron chi connectivity index (χ3n) is 4.72. The van der Waals surface area contributed by atoms with Gasteiger partial charge < -0.3 is 15.3 Å². The van der Waals surface area contributed by atoms with Crippen LogP contribution in [0.5, 0.6) is 0 Å². The predicted octanol–water partition coefficient (Wildman–Crippen LogP) is 0.822. The maximum atomic E-state index is 12.0. The standard InChI is InChI=1S/C16H31N3O2/c1-13-11-18(9-10-19(13)12-14(2)20)8-7-16(21)17-15-5-3-4-6-15/h13-15,20H,3-12H2,1-2H3,(H,17,21)/t13-,14+/m0/s1. The second-order valence-corrected chi connectivity index (χ2v) is 6.79. The monoisotopic (exact) mass is 297 g/mol. The Hall–Kier alpha value is -0.650. The van der Waals surface area contributed by atoms with Crippen molar-refractivity contribution in [3.8, 4) is 0 Å². The zero-order chi connectivity index (χ0) is 15.2. The second kappa shape index (κ2) is 8.11. The van der Waals surface area contributed by atoms with Gasteiger partial charge in [0.15, 0.2) is 0 Å². The van der Waals surface area contributed by atoms with Crippen molar-refractivity contribution in [2.24, 2.45) is 0 Å². The number of carbonyl (C=O) groups excluding carboxylic acids is 1. The van der Waals surface area contributed by atoms with Crippen LogP contribution in [0.1, 0.15) is 46.0 Å². The van der Waals surface area contributed by atoms with Crippen molar-refractivity contribution in [3.05, 3.63) is 0 Å². The summed E-state index contributed by atoms with van der Waals surface area (Å²) in [6, 6.07) is 0.880. The lowest BCUT2D eigenvalue weighted by Crippen LogP contribution is -2.53. The van der Waals surface area contributed by atoms with Gasteiger partial charge in [0.25, 0.3) is 0 Å². The molecule has 1 aliphatic heterocycles. The molecule has 1 saturated carbocycles. The van der Waals surface area contributed by atoms with Crippen LogP contribution in [0.2, 0.25) is 0 Å². The van der Waals surface area contributed by atoms with Crippen LogP contribution in [0, 0.1) is 0 Å². The molecule has 5 heteroatoms. The van der Waals surface area contributed by atoms with Gasteiger partial charge in [-0.25, -0.2) is 0 Å². The van der Waals surface area contributed by atoms with Crippen LogP contribution < -0.4 is 5.32 Å². The summed E-state index contributed by atoms with van der Waals surface area (Å²) in [4.78, 5) is 16.7. The van der Waals surface area contributed by atoms with Crippen LogP contribution in [0.4, 0.5) is 0 Å². The third kappa shape index (κ3) is 5.57. The molecule has 2 rings (SSSR count). The lowest BCUT2D eigenvalue weighted by Gasteiger charge is -2.40. The number of rotatable bonds is 6. The molecule has 1 saturated heterocycles. The number of nitrogens with one attached hydrogen (secondary N) is 1. The van der Waals surface area contributed by atoms with Gasteiger partial charge in [-0.05, 0) is 26.7 Å². The lowest BCUT2D eigenvalue weighted by molar-refractivity contribution is -0.122. The number of hydrogen-bond donors (Lipinski definition) is 2. The van der Waals surface area contributed by atoms with Gasteiger partial charge in [0.1, 0.15) is 0 Å². The zero-order valence-corrected chi connectivity index (χ0v) is 13.6. The number of aliphatic hydroxyl groups excluding tert-OH is 1. The van der Waals surface area contributed by atoms with Crippen LogP contribution in [0.15, 0.2) is 0 Å². The van der Waals surface area contributed by atoms with Gasteiger partial charge in [-0.3, -0.25) is 9.69 Å². The molecule has 0 aromatic carbocycles. The minimum absolute atomic E-state index is 0.209. The lowest BCUT2D eigenvalue weighted by atomic mass is 10.1. The zero-order valence-electron chi connectivity index (χ0n) is 13.6. The quantitative estimate of drug-likeness (QED) is 0.762. The summed E-state index contributed by atoms with van der Waals surface area (Å²) < 4.78 is 0. The highest BCUT2D eigenvalue weighted by Crippen LogP contribution is 2.17. The summed E-state index contributed by atoms with van der Waals surface area (Å²) in [6.07, 6.45) is 5.17. The molecule has 1 aliphatic carbocycles. The van der Waals surface area contributed by atoms with E-state index >= 15 is 0 Å². The molecule has 0 unspecified atom stereocenters. The first-order valence-electron chi connectivity index (χ1n) is 8.48. The second-order valence-electron chi connectivity index (χ2n) is 6.79. The number of amides is 1. The normalized spacial score (nSPS) is 26.9. The van der Waals surface area contributed by atoms with Crippen molar-refractivity contribution in [2.45, 2.75) is 64.1 Å². The van der Waals surface area contributed by atoms with Gasteiger partial charge in [0.05, 0.1) is 6.10 Å². The number of aliphatic hydroxyl groups is 1. The number of β-amino-alcohol motifs (C(OH)–C–C–N with tert-alkyl or cyclic N) is 1. The molecule has 2 atom stereocenters. The van der Waals surface area contributed by atoms with E-state index in [1.165, 1.54) is 12.8 Å². The highest BCUT2D eigenvalue weighted by atomic mass is 16.3. The van der Waals surface area contributed by atoms with Crippen molar-refractivity contribution in [1.82, 2.24) is 15.1 Å². The smallest absolute Gasteiger partial charge is 0.221 e. The van der Waals surface area contributed by atoms with Crippen molar-refractivity contribution in [1.29, 1.82) is 0 Å². The van der Waals surface area contributed by atoms with Crippen molar-refractivity contribution in [2.75, 3.05) is 32.7 Å². The maximum Gasteiger partial charge on any atom is 0.221 e. The number of piperazine rings is 1. The van der Waals surface area contributed by atoms with Gasteiger partial charge >= 0.3 is 0 Å². The van der Waals surface area contributed by atoms with E-state index in [9.17, 15) is 9.90 Å². The first-order valence-corrected chi connectivity index (χ1v) is 8.48. The van der Waals surface area contributed by atoms with Gasteiger partial charge in [0.2, 0.25) is 5.91 Å². The Morgan fingerprint density at radius 3 is 2.67 bits per heavy atom. The molecule has 0 bridgehead atoms. The van der Waals surface area contributed by atoms with E-state index in [2.05, 4.69) is 22.0 Å². The first-order chi connectivity index (χ1) is 10.0. The molecule has 21 heavy (non-hydrogen) atoms. The Morgan fingerprint density at radius 1 is 1.33 bits per heavy atom. The summed E-state index contributed by atoms with van der Waals surface area (Å²) in [5, 5.41) is 12.6. The van der Waals surface area contributed by atoms with Crippen LogP contribution in [-0.4, -0.2) is 71.7 Å². The minimum Gasteiger partial charge on any atom is -0.392 e. The summed E-state index contributed by atoms with van der Waals surface area (Å²) in [6.45, 7) is 8.61. The van der Waals surface area contributed by atoms with E-state index in [-0.39, 0.29) is 12.0 Å². The van der Waals surface area contributed by atoms with E-state index in [0.29, 0.717) is 18.5 Å². The minimum atomic E-state index is -0.267. The largest absolute Gasteiger partial charge is 0.392 e. The molecule has 2 N–H and O–H groups in total. The van der Waals surface area contributed by atoms with Crippen molar-refractivity contribution < 1.29 is 9.90 Å². The molecule has 1 amide bonds. The Kier molecular flexibility index (Phi) is 6.45. The SMILES string of the molecule is C[C@@H](O)CN1CCN(CCC(=O)NC2CCCC2)C[C@@H]1C. The Balaban J connectivity index is 1.64. The molecular formula is C16H31N3O2. The molecule has 0 aromatic rings. The summed E-state index contributed by atoms with van der Waals surface area (Å²) in [5.41, 5.74) is 0. The van der Waals surface area contributed by atoms with Crippen molar-refractivity contribution in [3.63, 3.8) is 0 Å². The van der Waals surface area contributed by atoms with Crippen molar-refractivity contribution >= 4 is 5.91 Å². The highest BCUT2D eigenvalue weighted by molar-refractivity contribution is 5.76. The molecule has 5 nitrogen and oxygen atoms in total. The van der Waals surface area contributed by atoms with E-state index in [0.717, 1.165) is 45.6 Å². The molecule has 0 radical (unpaired) electrons. The average Bonchev–Trinajstić information content (AvgIpc) is 2.91. The van der Waals surface area contributed by atoms with Gasteiger partial charge in [-0.1, -0.05) is 12.8 Å². The van der Waals surface area contributed by atoms with E-state index in [1.807, 2.05) is 6.92 Å². The fraction of sp³-hybridized carbons (Fsp3) is 0.938. The molecule has 0 aromatic heterocycles. The topological polar surface area (TPSA) is 55.8 Å². The number of carbonyl (C=O) groups is 1. The third-order valence-corrected chi connectivity index (χ3v) is 4.72. The Morgan fingerprint density at radius 2 is 2.05 bits per heavy atom. The van der Waals surface area contributed by atoms with Crippen LogP contribution >= 0.6 is 0 Å². The molecular weight excluding hydrogens is 266 g/mol. The summed E-state index contributed by atoms with van der Waals surface area (Å²) >= 11 is 0. The van der Waals surface area contributed by atoms with Crippen LogP contribution in [0.25, 0.3) is 0 Å². The van der Waals surface area contributed by atoms with Crippen LogP contribution in [0.3, 0.4) is 0 Å². The van der Waals surface area contributed by atoms with Crippen LogP contribution in [-0.2, 0) is 4.79 Å². The molecule has 122 valence electrons. The number of hydrogen-bond acceptors (Lipinski definition) is 4. The number of nitrogens with zero attached hydrogens (tertiary/aromatic N) is 2. The van der Waals surface area contributed by atoms with Gasteiger partial charge in [0, 0.05) is 51.2 Å². The van der Waals surface area contributed by atoms with Gasteiger partial charge in [-0.2, -0.15) is 0 Å². The molecule has 1 heterocycles. The van der Waals surface area contributed by atoms with E-state index in [4.69, 9.17) is 0 Å². The summed E-state index contributed by atoms with van der Waals surface area (Å²) in [5.74, 6) is 0.209. The predicted molar refractivity (Wildman–Crippen MR) is 84.2 cm³/mol. The highest BCUT2D eigenvalue weighted by Gasteiger charge is 2.25. The fourth-order valence-electron chi connectivity index (χ4n) is 3.51.